The van der Waals surface area contributed by atoms with Gasteiger partial charge in [-0.1, -0.05) is 42.5 Å². The van der Waals surface area contributed by atoms with Gasteiger partial charge < -0.3 is 6.15 Å². The summed E-state index contributed by atoms with van der Waals surface area (Å²) in [5.74, 6) is 0.261. The summed E-state index contributed by atoms with van der Waals surface area (Å²) in [7, 11) is 0. The lowest BCUT2D eigenvalue weighted by Crippen LogP contribution is -2.12. The molecular formula is C13H18ClN. The van der Waals surface area contributed by atoms with Crippen molar-refractivity contribution >= 4 is 11.6 Å². The highest BCUT2D eigenvalue weighted by molar-refractivity contribution is 6.22. The molecule has 2 unspecified atom stereocenters. The fraction of sp³-hybridized carbons (Fsp3) is 0.231. The van der Waals surface area contributed by atoms with Crippen molar-refractivity contribution in [3.8, 4) is 0 Å². The van der Waals surface area contributed by atoms with E-state index >= 15 is 0 Å². The van der Waals surface area contributed by atoms with Crippen molar-refractivity contribution in [1.29, 1.82) is 0 Å². The predicted molar refractivity (Wildman–Crippen MR) is 68.7 cm³/mol. The molecule has 0 amide bonds. The van der Waals surface area contributed by atoms with Crippen molar-refractivity contribution in [2.24, 2.45) is 5.92 Å². The Kier molecular flexibility index (Phi) is 6.76. The third-order valence-electron chi connectivity index (χ3n) is 2.25. The predicted octanol–water partition coefficient (Wildman–Crippen LogP) is 3.99. The van der Waals surface area contributed by atoms with Crippen LogP contribution in [0, 0.1) is 5.92 Å². The number of hydrogen-bond donors (Lipinski definition) is 1. The summed E-state index contributed by atoms with van der Waals surface area (Å²) >= 11 is 6.09. The minimum absolute atomic E-state index is 0. The lowest BCUT2D eigenvalue weighted by atomic mass is 9.96. The Labute approximate surface area is 97.0 Å². The number of alkyl halides is 1. The highest BCUT2D eigenvalue weighted by Gasteiger charge is 2.12. The van der Waals surface area contributed by atoms with Crippen LogP contribution < -0.4 is 6.15 Å². The van der Waals surface area contributed by atoms with Crippen molar-refractivity contribution in [2.45, 2.75) is 11.8 Å². The molecular weight excluding hydrogens is 206 g/mol. The number of rotatable bonds is 5. The quantitative estimate of drug-likeness (QED) is 0.595. The number of hydrogen-bond acceptors (Lipinski definition) is 1. The topological polar surface area (TPSA) is 35.0 Å². The summed E-state index contributed by atoms with van der Waals surface area (Å²) in [4.78, 5) is 0. The van der Waals surface area contributed by atoms with Gasteiger partial charge in [0.1, 0.15) is 0 Å². The molecule has 0 radical (unpaired) electrons. The fourth-order valence-electron chi connectivity index (χ4n) is 1.39. The molecule has 0 aliphatic carbocycles. The normalized spacial score (nSPS) is 13.4. The molecule has 0 heterocycles. The molecule has 1 aromatic carbocycles. The van der Waals surface area contributed by atoms with Crippen LogP contribution in [-0.2, 0) is 6.42 Å². The molecule has 0 aliphatic heterocycles. The van der Waals surface area contributed by atoms with E-state index in [0.717, 1.165) is 6.42 Å². The zero-order valence-electron chi connectivity index (χ0n) is 8.90. The van der Waals surface area contributed by atoms with E-state index in [0.29, 0.717) is 0 Å². The molecule has 82 valence electrons. The number of allylic oxidation sites excluding steroid dienone is 2. The molecule has 0 fully saturated rings. The molecule has 1 rings (SSSR count). The van der Waals surface area contributed by atoms with Crippen LogP contribution in [0.2, 0.25) is 0 Å². The largest absolute Gasteiger partial charge is 0.344 e. The second-order valence-electron chi connectivity index (χ2n) is 3.27. The van der Waals surface area contributed by atoms with E-state index in [1.54, 1.807) is 6.08 Å². The SMILES string of the molecule is C=CC(Cl)C(C=C)Cc1ccccc1.N. The third kappa shape index (κ3) is 4.32. The van der Waals surface area contributed by atoms with Gasteiger partial charge in [0, 0.05) is 5.92 Å². The van der Waals surface area contributed by atoms with E-state index in [1.807, 2.05) is 24.3 Å². The smallest absolute Gasteiger partial charge is 0.0579 e. The molecule has 2 heteroatoms. The van der Waals surface area contributed by atoms with E-state index in [9.17, 15) is 0 Å². The monoisotopic (exact) mass is 223 g/mol. The number of benzene rings is 1. The lowest BCUT2D eigenvalue weighted by Gasteiger charge is -2.15. The van der Waals surface area contributed by atoms with E-state index in [-0.39, 0.29) is 17.4 Å². The van der Waals surface area contributed by atoms with Crippen molar-refractivity contribution in [1.82, 2.24) is 6.15 Å². The Morgan fingerprint density at radius 2 is 1.73 bits per heavy atom. The van der Waals surface area contributed by atoms with Gasteiger partial charge >= 0.3 is 0 Å². The summed E-state index contributed by atoms with van der Waals surface area (Å²) in [6.45, 7) is 7.49. The van der Waals surface area contributed by atoms with Crippen LogP contribution in [0.5, 0.6) is 0 Å². The maximum Gasteiger partial charge on any atom is 0.0579 e. The summed E-state index contributed by atoms with van der Waals surface area (Å²) in [5, 5.41) is -0.0345. The van der Waals surface area contributed by atoms with Crippen molar-refractivity contribution < 1.29 is 0 Å². The van der Waals surface area contributed by atoms with E-state index in [2.05, 4.69) is 25.3 Å². The highest BCUT2D eigenvalue weighted by Crippen LogP contribution is 2.18. The van der Waals surface area contributed by atoms with E-state index in [1.165, 1.54) is 5.56 Å². The summed E-state index contributed by atoms with van der Waals surface area (Å²) in [6.07, 6.45) is 4.58. The minimum Gasteiger partial charge on any atom is -0.344 e. The van der Waals surface area contributed by atoms with Gasteiger partial charge in [-0.25, -0.2) is 0 Å². The highest BCUT2D eigenvalue weighted by atomic mass is 35.5. The molecule has 0 bridgehead atoms. The van der Waals surface area contributed by atoms with Gasteiger partial charge in [-0.05, 0) is 12.0 Å². The average molecular weight is 224 g/mol. The Hall–Kier alpha value is -1.05. The molecule has 1 aromatic rings. The van der Waals surface area contributed by atoms with Crippen LogP contribution >= 0.6 is 11.6 Å². The molecule has 0 saturated heterocycles. The van der Waals surface area contributed by atoms with Crippen LogP contribution in [0.15, 0.2) is 55.6 Å². The fourth-order valence-corrected chi connectivity index (χ4v) is 1.58. The van der Waals surface area contributed by atoms with Crippen LogP contribution in [0.1, 0.15) is 5.56 Å². The molecule has 0 spiro atoms. The Morgan fingerprint density at radius 1 is 1.13 bits per heavy atom. The Bertz CT molecular complexity index is 295. The summed E-state index contributed by atoms with van der Waals surface area (Å²) < 4.78 is 0. The van der Waals surface area contributed by atoms with Gasteiger partial charge in [0.05, 0.1) is 5.38 Å². The van der Waals surface area contributed by atoms with Crippen LogP contribution in [0.3, 0.4) is 0 Å². The molecule has 15 heavy (non-hydrogen) atoms. The summed E-state index contributed by atoms with van der Waals surface area (Å²) in [6, 6.07) is 10.3. The van der Waals surface area contributed by atoms with Crippen LogP contribution in [-0.4, -0.2) is 5.38 Å². The first-order valence-corrected chi connectivity index (χ1v) is 5.14. The maximum atomic E-state index is 6.09. The molecule has 3 N–H and O–H groups in total. The van der Waals surface area contributed by atoms with Crippen molar-refractivity contribution in [2.75, 3.05) is 0 Å². The molecule has 2 atom stereocenters. The second kappa shape index (κ2) is 7.27. The van der Waals surface area contributed by atoms with Crippen molar-refractivity contribution in [3.63, 3.8) is 0 Å². The van der Waals surface area contributed by atoms with Gasteiger partial charge in [-0.2, -0.15) is 0 Å². The maximum absolute atomic E-state index is 6.09. The molecule has 0 aliphatic rings. The summed E-state index contributed by atoms with van der Waals surface area (Å²) in [5.41, 5.74) is 1.28. The molecule has 1 nitrogen and oxygen atoms in total. The first-order valence-electron chi connectivity index (χ1n) is 4.71. The molecule has 0 saturated carbocycles. The number of halogens is 1. The second-order valence-corrected chi connectivity index (χ2v) is 3.77. The lowest BCUT2D eigenvalue weighted by molar-refractivity contribution is 0.668. The van der Waals surface area contributed by atoms with Crippen molar-refractivity contribution in [3.05, 3.63) is 61.2 Å². The zero-order valence-corrected chi connectivity index (χ0v) is 9.66. The van der Waals surface area contributed by atoms with E-state index < -0.39 is 0 Å². The minimum atomic E-state index is -0.0345. The van der Waals surface area contributed by atoms with Crippen LogP contribution in [0.4, 0.5) is 0 Å². The Morgan fingerprint density at radius 3 is 2.20 bits per heavy atom. The van der Waals surface area contributed by atoms with Gasteiger partial charge in [0.2, 0.25) is 0 Å². The third-order valence-corrected chi connectivity index (χ3v) is 2.75. The van der Waals surface area contributed by atoms with Gasteiger partial charge in [0.25, 0.3) is 0 Å². The first kappa shape index (κ1) is 13.9. The Balaban J connectivity index is 0.00000196. The zero-order chi connectivity index (χ0) is 10.4. The molecule has 0 aromatic heterocycles. The van der Waals surface area contributed by atoms with E-state index in [4.69, 9.17) is 11.6 Å². The first-order chi connectivity index (χ1) is 6.77. The average Bonchev–Trinajstić information content (AvgIpc) is 2.26. The van der Waals surface area contributed by atoms with Gasteiger partial charge in [0.15, 0.2) is 0 Å². The van der Waals surface area contributed by atoms with Gasteiger partial charge in [-0.15, -0.1) is 24.8 Å². The van der Waals surface area contributed by atoms with Crippen LogP contribution in [0.25, 0.3) is 0 Å². The standard InChI is InChI=1S/C13H15Cl.H3N/c1-3-12(13(14)4-2)10-11-8-6-5-7-9-11;/h3-9,12-13H,1-2,10H2;1H3. The van der Waals surface area contributed by atoms with Gasteiger partial charge in [-0.3, -0.25) is 0 Å².